The molecule has 0 aliphatic carbocycles. The summed E-state index contributed by atoms with van der Waals surface area (Å²) in [4.78, 5) is 12.5. The normalized spacial score (nSPS) is 12.0. The summed E-state index contributed by atoms with van der Waals surface area (Å²) in [6, 6.07) is 12.1. The van der Waals surface area contributed by atoms with Crippen LogP contribution in [0.2, 0.25) is 0 Å². The van der Waals surface area contributed by atoms with Crippen LogP contribution in [0.15, 0.2) is 54.2 Å². The number of benzene rings is 2. The number of hydrogen-bond donors (Lipinski definition) is 3. The maximum absolute atomic E-state index is 12.5. The van der Waals surface area contributed by atoms with E-state index in [-0.39, 0.29) is 17.2 Å². The Morgan fingerprint density at radius 2 is 1.70 bits per heavy atom. The van der Waals surface area contributed by atoms with E-state index in [0.29, 0.717) is 11.1 Å². The van der Waals surface area contributed by atoms with E-state index in [2.05, 4.69) is 4.72 Å². The molecule has 0 fully saturated rings. The molecule has 0 aromatic heterocycles. The average molecular weight is 333 g/mol. The minimum atomic E-state index is -3.67. The quantitative estimate of drug-likeness (QED) is 0.440. The Morgan fingerprint density at radius 1 is 1.04 bits per heavy atom. The fourth-order valence-corrected chi connectivity index (χ4v) is 2.43. The Bertz CT molecular complexity index is 857. The number of phenols is 2. The van der Waals surface area contributed by atoms with Gasteiger partial charge in [0.2, 0.25) is 15.8 Å². The molecule has 0 saturated carbocycles. The van der Waals surface area contributed by atoms with E-state index >= 15 is 0 Å². The van der Waals surface area contributed by atoms with Crippen molar-refractivity contribution in [1.29, 1.82) is 0 Å². The molecule has 0 amide bonds. The Labute approximate surface area is 133 Å². The number of sulfonamides is 1. The van der Waals surface area contributed by atoms with Gasteiger partial charge in [-0.25, -0.2) is 8.42 Å². The van der Waals surface area contributed by atoms with Gasteiger partial charge in [0.05, 0.1) is 12.0 Å². The molecule has 0 spiro atoms. The third-order valence-electron chi connectivity index (χ3n) is 2.89. The molecule has 2 aromatic carbocycles. The Balaban J connectivity index is 2.47. The molecule has 7 heteroatoms. The van der Waals surface area contributed by atoms with Crippen molar-refractivity contribution in [3.05, 3.63) is 65.4 Å². The van der Waals surface area contributed by atoms with Crippen LogP contribution in [0.4, 0.5) is 0 Å². The molecule has 0 saturated heterocycles. The van der Waals surface area contributed by atoms with Crippen LogP contribution in [0.1, 0.15) is 15.9 Å². The van der Waals surface area contributed by atoms with Gasteiger partial charge in [0, 0.05) is 5.56 Å². The molecule has 0 aliphatic heterocycles. The number of aromatic hydroxyl groups is 2. The first-order valence-corrected chi connectivity index (χ1v) is 8.46. The lowest BCUT2D eigenvalue weighted by molar-refractivity contribution is 0.103. The number of hydrogen-bond acceptors (Lipinski definition) is 5. The van der Waals surface area contributed by atoms with E-state index in [1.165, 1.54) is 24.3 Å². The molecule has 0 atom stereocenters. The van der Waals surface area contributed by atoms with Gasteiger partial charge in [-0.3, -0.25) is 9.52 Å². The predicted octanol–water partition coefficient (Wildman–Crippen LogP) is 1.87. The highest BCUT2D eigenvalue weighted by atomic mass is 32.2. The lowest BCUT2D eigenvalue weighted by Gasteiger charge is -2.09. The zero-order chi connectivity index (χ0) is 17.0. The van der Waals surface area contributed by atoms with Gasteiger partial charge in [-0.1, -0.05) is 36.4 Å². The third kappa shape index (κ3) is 4.58. The molecular formula is C16H15NO5S. The highest BCUT2D eigenvalue weighted by molar-refractivity contribution is 7.88. The molecule has 3 N–H and O–H groups in total. The van der Waals surface area contributed by atoms with Crippen molar-refractivity contribution < 1.29 is 23.4 Å². The summed E-state index contributed by atoms with van der Waals surface area (Å²) in [6.45, 7) is 0. The van der Waals surface area contributed by atoms with Crippen LogP contribution in [-0.2, 0) is 10.0 Å². The van der Waals surface area contributed by atoms with Gasteiger partial charge >= 0.3 is 0 Å². The third-order valence-corrected chi connectivity index (χ3v) is 3.48. The van der Waals surface area contributed by atoms with Gasteiger partial charge in [0.25, 0.3) is 0 Å². The zero-order valence-corrected chi connectivity index (χ0v) is 13.0. The van der Waals surface area contributed by atoms with Crippen molar-refractivity contribution in [3.8, 4) is 11.5 Å². The monoisotopic (exact) mass is 333 g/mol. The average Bonchev–Trinajstić information content (AvgIpc) is 2.49. The largest absolute Gasteiger partial charge is 0.504 e. The number of phenolic OH excluding ortho intramolecular Hbond substituents is 2. The molecule has 6 nitrogen and oxygen atoms in total. The second kappa shape index (κ2) is 6.53. The second-order valence-electron chi connectivity index (χ2n) is 4.88. The van der Waals surface area contributed by atoms with E-state index in [0.717, 1.165) is 6.26 Å². The van der Waals surface area contributed by atoms with Crippen LogP contribution in [0, 0.1) is 0 Å². The first kappa shape index (κ1) is 16.6. The molecule has 0 aliphatic rings. The van der Waals surface area contributed by atoms with Gasteiger partial charge < -0.3 is 10.2 Å². The Hall–Kier alpha value is -2.80. The highest BCUT2D eigenvalue weighted by Crippen LogP contribution is 2.26. The summed E-state index contributed by atoms with van der Waals surface area (Å²) in [5.41, 5.74) is 0.512. The molecule has 23 heavy (non-hydrogen) atoms. The second-order valence-corrected chi connectivity index (χ2v) is 6.62. The molecule has 0 unspecified atom stereocenters. The zero-order valence-electron chi connectivity index (χ0n) is 12.2. The van der Waals surface area contributed by atoms with Crippen LogP contribution < -0.4 is 4.72 Å². The number of carbonyl (C=O) groups excluding carboxylic acids is 1. The fourth-order valence-electron chi connectivity index (χ4n) is 1.88. The Kier molecular flexibility index (Phi) is 4.71. The topological polar surface area (TPSA) is 104 Å². The van der Waals surface area contributed by atoms with Crippen molar-refractivity contribution in [3.63, 3.8) is 0 Å². The lowest BCUT2D eigenvalue weighted by Crippen LogP contribution is -2.26. The summed E-state index contributed by atoms with van der Waals surface area (Å²) >= 11 is 0. The molecule has 120 valence electrons. The molecule has 0 heterocycles. The van der Waals surface area contributed by atoms with Gasteiger partial charge in [-0.2, -0.15) is 0 Å². The summed E-state index contributed by atoms with van der Waals surface area (Å²) in [6.07, 6.45) is 2.23. The minimum Gasteiger partial charge on any atom is -0.504 e. The number of carbonyl (C=O) groups is 1. The maximum atomic E-state index is 12.5. The number of rotatable bonds is 5. The summed E-state index contributed by atoms with van der Waals surface area (Å²) in [5.74, 6) is -1.19. The predicted molar refractivity (Wildman–Crippen MR) is 86.5 cm³/mol. The molecule has 0 bridgehead atoms. The van der Waals surface area contributed by atoms with Crippen molar-refractivity contribution in [1.82, 2.24) is 4.72 Å². The van der Waals surface area contributed by atoms with Gasteiger partial charge in [0.15, 0.2) is 11.5 Å². The van der Waals surface area contributed by atoms with E-state index < -0.39 is 15.8 Å². The van der Waals surface area contributed by atoms with Gasteiger partial charge in [-0.15, -0.1) is 0 Å². The van der Waals surface area contributed by atoms with Gasteiger partial charge in [-0.05, 0) is 23.8 Å². The van der Waals surface area contributed by atoms with E-state index in [4.69, 9.17) is 0 Å². The van der Waals surface area contributed by atoms with E-state index in [1.807, 2.05) is 0 Å². The van der Waals surface area contributed by atoms with Crippen molar-refractivity contribution >= 4 is 21.9 Å². The SMILES string of the molecule is CS(=O)(=O)NC(=Cc1ccc(O)c(O)c1)C(=O)c1ccccc1. The van der Waals surface area contributed by atoms with Crippen LogP contribution in [0.3, 0.4) is 0 Å². The molecule has 0 radical (unpaired) electrons. The summed E-state index contributed by atoms with van der Waals surface area (Å²) in [5, 5.41) is 18.8. The van der Waals surface area contributed by atoms with Crippen molar-refractivity contribution in [2.75, 3.05) is 6.26 Å². The molecular weight excluding hydrogens is 318 g/mol. The molecule has 2 aromatic rings. The van der Waals surface area contributed by atoms with Crippen LogP contribution in [0.25, 0.3) is 6.08 Å². The summed E-state index contributed by atoms with van der Waals surface area (Å²) in [7, 11) is -3.67. The van der Waals surface area contributed by atoms with Crippen LogP contribution >= 0.6 is 0 Å². The number of allylic oxidation sites excluding steroid dienone is 1. The maximum Gasteiger partial charge on any atom is 0.229 e. The van der Waals surface area contributed by atoms with Crippen LogP contribution in [-0.4, -0.2) is 30.7 Å². The number of Topliss-reactive ketones (excluding diaryl/α,β-unsaturated/α-hetero) is 1. The van der Waals surface area contributed by atoms with E-state index in [1.54, 1.807) is 30.3 Å². The van der Waals surface area contributed by atoms with Gasteiger partial charge in [0.1, 0.15) is 0 Å². The number of nitrogens with one attached hydrogen (secondary N) is 1. The summed E-state index contributed by atoms with van der Waals surface area (Å²) < 4.78 is 25.2. The fraction of sp³-hybridized carbons (Fsp3) is 0.0625. The number of ketones is 1. The lowest BCUT2D eigenvalue weighted by atomic mass is 10.1. The minimum absolute atomic E-state index is 0.163. The highest BCUT2D eigenvalue weighted by Gasteiger charge is 2.16. The first-order valence-electron chi connectivity index (χ1n) is 6.57. The smallest absolute Gasteiger partial charge is 0.229 e. The standard InChI is InChI=1S/C16H15NO5S/c1-23(21,22)17-13(16(20)12-5-3-2-4-6-12)9-11-7-8-14(18)15(19)10-11/h2-10,17-19H,1H3. The van der Waals surface area contributed by atoms with E-state index in [9.17, 15) is 23.4 Å². The first-order chi connectivity index (χ1) is 10.8. The Morgan fingerprint density at radius 3 is 2.26 bits per heavy atom. The van der Waals surface area contributed by atoms with Crippen molar-refractivity contribution in [2.45, 2.75) is 0 Å². The molecule has 2 rings (SSSR count). The van der Waals surface area contributed by atoms with Crippen molar-refractivity contribution in [2.24, 2.45) is 0 Å². The van der Waals surface area contributed by atoms with Crippen LogP contribution in [0.5, 0.6) is 11.5 Å².